The lowest BCUT2D eigenvalue weighted by Gasteiger charge is -1.95. The number of aromatic amines is 1. The number of rotatable bonds is 5. The first-order valence-corrected chi connectivity index (χ1v) is 6.19. The minimum atomic E-state index is -0.437. The van der Waals surface area contributed by atoms with E-state index in [0.29, 0.717) is 5.82 Å². The van der Waals surface area contributed by atoms with E-state index in [-0.39, 0.29) is 18.3 Å². The average molecular weight is 286 g/mol. The summed E-state index contributed by atoms with van der Waals surface area (Å²) in [5.74, 6) is -0.365. The molecule has 0 spiro atoms. The van der Waals surface area contributed by atoms with Gasteiger partial charge in [-0.05, 0) is 11.6 Å². The fourth-order valence-electron chi connectivity index (χ4n) is 1.53. The molecule has 21 heavy (non-hydrogen) atoms. The normalized spacial score (nSPS) is 10.5. The number of amides is 1. The van der Waals surface area contributed by atoms with E-state index in [0.717, 1.165) is 5.56 Å². The maximum Gasteiger partial charge on any atom is 0.313 e. The van der Waals surface area contributed by atoms with Crippen LogP contribution in [0.3, 0.4) is 0 Å². The van der Waals surface area contributed by atoms with Crippen molar-refractivity contribution in [3.05, 3.63) is 47.8 Å². The van der Waals surface area contributed by atoms with Gasteiger partial charge in [0.2, 0.25) is 5.95 Å². The standard InChI is InChI=1S/C14H14N4O3/c1-21-13(20)9-11-15-14(18-17-11)16-12(19)8-7-10-5-3-2-4-6-10/h2-8H,9H2,1H3,(H2,15,16,17,18,19)/b8-7+. The Morgan fingerprint density at radius 3 is 2.81 bits per heavy atom. The molecule has 1 aromatic carbocycles. The Morgan fingerprint density at radius 2 is 2.10 bits per heavy atom. The van der Waals surface area contributed by atoms with Gasteiger partial charge in [-0.3, -0.25) is 20.0 Å². The Bertz CT molecular complexity index is 649. The van der Waals surface area contributed by atoms with Gasteiger partial charge in [-0.25, -0.2) is 0 Å². The van der Waals surface area contributed by atoms with Crippen LogP contribution >= 0.6 is 0 Å². The van der Waals surface area contributed by atoms with Crippen molar-refractivity contribution in [3.63, 3.8) is 0 Å². The zero-order valence-corrected chi connectivity index (χ0v) is 11.4. The number of H-pyrrole nitrogens is 1. The summed E-state index contributed by atoms with van der Waals surface area (Å²) in [5.41, 5.74) is 0.911. The van der Waals surface area contributed by atoms with E-state index in [1.54, 1.807) is 6.08 Å². The fraction of sp³-hybridized carbons (Fsp3) is 0.143. The third kappa shape index (κ3) is 4.57. The minimum absolute atomic E-state index is 0.0285. The molecule has 1 heterocycles. The fourth-order valence-corrected chi connectivity index (χ4v) is 1.53. The van der Waals surface area contributed by atoms with Gasteiger partial charge in [0.25, 0.3) is 5.91 Å². The second-order valence-electron chi connectivity index (χ2n) is 4.09. The molecule has 0 saturated heterocycles. The van der Waals surface area contributed by atoms with Crippen molar-refractivity contribution in [2.24, 2.45) is 0 Å². The first-order chi connectivity index (χ1) is 10.2. The number of benzene rings is 1. The van der Waals surface area contributed by atoms with Gasteiger partial charge in [-0.1, -0.05) is 30.3 Å². The topological polar surface area (TPSA) is 97.0 Å². The third-order valence-electron chi connectivity index (χ3n) is 2.53. The van der Waals surface area contributed by atoms with Crippen LogP contribution in [0.25, 0.3) is 6.08 Å². The second kappa shape index (κ2) is 6.99. The lowest BCUT2D eigenvalue weighted by atomic mass is 10.2. The van der Waals surface area contributed by atoms with Gasteiger partial charge in [0.1, 0.15) is 12.2 Å². The van der Waals surface area contributed by atoms with Crippen LogP contribution in [0.4, 0.5) is 5.95 Å². The van der Waals surface area contributed by atoms with Gasteiger partial charge >= 0.3 is 5.97 Å². The van der Waals surface area contributed by atoms with Gasteiger partial charge in [0, 0.05) is 6.08 Å². The summed E-state index contributed by atoms with van der Waals surface area (Å²) in [4.78, 5) is 26.7. The number of methoxy groups -OCH3 is 1. The van der Waals surface area contributed by atoms with Gasteiger partial charge in [0.05, 0.1) is 7.11 Å². The molecular formula is C14H14N4O3. The molecule has 0 aliphatic carbocycles. The molecule has 2 N–H and O–H groups in total. The van der Waals surface area contributed by atoms with Crippen LogP contribution in [-0.4, -0.2) is 34.2 Å². The molecule has 0 aliphatic heterocycles. The molecule has 7 heteroatoms. The highest BCUT2D eigenvalue weighted by Crippen LogP contribution is 2.03. The van der Waals surface area contributed by atoms with Crippen LogP contribution in [0.15, 0.2) is 36.4 Å². The average Bonchev–Trinajstić information content (AvgIpc) is 2.93. The van der Waals surface area contributed by atoms with Crippen LogP contribution in [0.1, 0.15) is 11.4 Å². The molecule has 2 aromatic rings. The van der Waals surface area contributed by atoms with Crippen molar-refractivity contribution < 1.29 is 14.3 Å². The largest absolute Gasteiger partial charge is 0.469 e. The van der Waals surface area contributed by atoms with E-state index in [1.807, 2.05) is 30.3 Å². The molecule has 108 valence electrons. The van der Waals surface area contributed by atoms with E-state index in [1.165, 1.54) is 13.2 Å². The van der Waals surface area contributed by atoms with Crippen LogP contribution in [-0.2, 0) is 20.7 Å². The van der Waals surface area contributed by atoms with Crippen molar-refractivity contribution in [2.45, 2.75) is 6.42 Å². The summed E-state index contributed by atoms with van der Waals surface area (Å²) >= 11 is 0. The highest BCUT2D eigenvalue weighted by Gasteiger charge is 2.09. The molecule has 0 radical (unpaired) electrons. The Labute approximate surface area is 121 Å². The number of nitrogens with zero attached hydrogens (tertiary/aromatic N) is 2. The highest BCUT2D eigenvalue weighted by molar-refractivity contribution is 6.00. The van der Waals surface area contributed by atoms with Crippen LogP contribution in [0.2, 0.25) is 0 Å². The summed E-state index contributed by atoms with van der Waals surface area (Å²) in [5, 5.41) is 8.83. The molecule has 0 fully saturated rings. The number of nitrogens with one attached hydrogen (secondary N) is 2. The SMILES string of the molecule is COC(=O)Cc1nc(NC(=O)/C=C/c2ccccc2)n[nH]1. The van der Waals surface area contributed by atoms with E-state index in [4.69, 9.17) is 0 Å². The molecular weight excluding hydrogens is 272 g/mol. The number of ether oxygens (including phenoxy) is 1. The number of hydrogen-bond acceptors (Lipinski definition) is 5. The molecule has 0 saturated carbocycles. The smallest absolute Gasteiger partial charge is 0.313 e. The lowest BCUT2D eigenvalue weighted by molar-refractivity contribution is -0.139. The quantitative estimate of drug-likeness (QED) is 0.635. The zero-order valence-electron chi connectivity index (χ0n) is 11.4. The molecule has 0 atom stereocenters. The van der Waals surface area contributed by atoms with Gasteiger partial charge in [-0.2, -0.15) is 4.98 Å². The van der Waals surface area contributed by atoms with Gasteiger partial charge in [-0.15, -0.1) is 5.10 Å². The van der Waals surface area contributed by atoms with Crippen molar-refractivity contribution in [1.82, 2.24) is 15.2 Å². The number of carbonyl (C=O) groups excluding carboxylic acids is 2. The Hall–Kier alpha value is -2.96. The van der Waals surface area contributed by atoms with E-state index >= 15 is 0 Å². The van der Waals surface area contributed by atoms with Crippen molar-refractivity contribution in [1.29, 1.82) is 0 Å². The molecule has 1 aromatic heterocycles. The number of aromatic nitrogens is 3. The Balaban J connectivity index is 1.91. The van der Waals surface area contributed by atoms with Crippen molar-refractivity contribution >= 4 is 23.9 Å². The monoisotopic (exact) mass is 286 g/mol. The number of anilines is 1. The van der Waals surface area contributed by atoms with Crippen LogP contribution < -0.4 is 5.32 Å². The first kappa shape index (κ1) is 14.4. The maximum atomic E-state index is 11.7. The molecule has 1 amide bonds. The van der Waals surface area contributed by atoms with Crippen molar-refractivity contribution in [3.8, 4) is 0 Å². The zero-order chi connectivity index (χ0) is 15.1. The van der Waals surface area contributed by atoms with Crippen molar-refractivity contribution in [2.75, 3.05) is 12.4 Å². The predicted molar refractivity (Wildman–Crippen MR) is 76.2 cm³/mol. The van der Waals surface area contributed by atoms with Gasteiger partial charge in [0.15, 0.2) is 0 Å². The summed E-state index contributed by atoms with van der Waals surface area (Å²) in [6.45, 7) is 0. The van der Waals surface area contributed by atoms with E-state index in [9.17, 15) is 9.59 Å². The molecule has 7 nitrogen and oxygen atoms in total. The second-order valence-corrected chi connectivity index (χ2v) is 4.09. The predicted octanol–water partition coefficient (Wildman–Crippen LogP) is 1.17. The van der Waals surface area contributed by atoms with Gasteiger partial charge < -0.3 is 4.74 Å². The molecule has 0 unspecified atom stereocenters. The Kier molecular flexibility index (Phi) is 4.81. The number of hydrogen-bond donors (Lipinski definition) is 2. The minimum Gasteiger partial charge on any atom is -0.469 e. The highest BCUT2D eigenvalue weighted by atomic mass is 16.5. The van der Waals surface area contributed by atoms with E-state index < -0.39 is 5.97 Å². The van der Waals surface area contributed by atoms with Crippen LogP contribution in [0, 0.1) is 0 Å². The number of esters is 1. The molecule has 0 bridgehead atoms. The Morgan fingerprint density at radius 1 is 1.33 bits per heavy atom. The van der Waals surface area contributed by atoms with Crippen LogP contribution in [0.5, 0.6) is 0 Å². The number of carbonyl (C=O) groups is 2. The third-order valence-corrected chi connectivity index (χ3v) is 2.53. The summed E-state index contributed by atoms with van der Waals surface area (Å²) in [7, 11) is 1.29. The molecule has 0 aliphatic rings. The van der Waals surface area contributed by atoms with E-state index in [2.05, 4.69) is 25.2 Å². The first-order valence-electron chi connectivity index (χ1n) is 6.19. The molecule has 2 rings (SSSR count). The lowest BCUT2D eigenvalue weighted by Crippen LogP contribution is -2.09. The summed E-state index contributed by atoms with van der Waals surface area (Å²) in [6.07, 6.45) is 3.03. The maximum absolute atomic E-state index is 11.7. The summed E-state index contributed by atoms with van der Waals surface area (Å²) in [6, 6.07) is 9.42. The summed E-state index contributed by atoms with van der Waals surface area (Å²) < 4.78 is 4.51.